The molecule has 0 N–H and O–H groups in total. The van der Waals surface area contributed by atoms with Gasteiger partial charge in [-0.25, -0.2) is 0 Å². The van der Waals surface area contributed by atoms with Crippen LogP contribution in [0.1, 0.15) is 11.4 Å². The number of anilines is 2. The van der Waals surface area contributed by atoms with Crippen molar-refractivity contribution in [1.82, 2.24) is 4.98 Å². The molecule has 0 saturated heterocycles. The fraction of sp³-hybridized carbons (Fsp3) is 0.214. The van der Waals surface area contributed by atoms with Crippen LogP contribution in [0.2, 0.25) is 0 Å². The van der Waals surface area contributed by atoms with E-state index in [2.05, 4.69) is 41.2 Å². The number of pyridine rings is 1. The van der Waals surface area contributed by atoms with Gasteiger partial charge in [-0.2, -0.15) is 0 Å². The summed E-state index contributed by atoms with van der Waals surface area (Å²) in [6.45, 7) is 4.05. The maximum absolute atomic E-state index is 4.38. The predicted octanol–water partition coefficient (Wildman–Crippen LogP) is 3.47. The van der Waals surface area contributed by atoms with Gasteiger partial charge in [0.25, 0.3) is 0 Å². The number of benzene rings is 1. The Hall–Kier alpha value is -1.83. The number of aromatic nitrogens is 1. The van der Waals surface area contributed by atoms with Crippen LogP contribution in [0.15, 0.2) is 42.5 Å². The first-order chi connectivity index (χ1) is 7.66. The lowest BCUT2D eigenvalue weighted by Crippen LogP contribution is -2.10. The Labute approximate surface area is 96.6 Å². The SMILES string of the molecule is Cc1cc(N(C)c2ccccc2)cc(C)n1. The van der Waals surface area contributed by atoms with E-state index in [0.29, 0.717) is 0 Å². The Bertz CT molecular complexity index is 457. The molecule has 0 radical (unpaired) electrons. The van der Waals surface area contributed by atoms with Gasteiger partial charge in [-0.15, -0.1) is 0 Å². The molecule has 2 nitrogen and oxygen atoms in total. The average molecular weight is 212 g/mol. The Morgan fingerprint density at radius 1 is 0.875 bits per heavy atom. The number of para-hydroxylation sites is 1. The summed E-state index contributed by atoms with van der Waals surface area (Å²) in [7, 11) is 2.07. The molecule has 2 aromatic rings. The molecule has 1 aromatic heterocycles. The van der Waals surface area contributed by atoms with Gasteiger partial charge < -0.3 is 4.90 Å². The topological polar surface area (TPSA) is 16.1 Å². The van der Waals surface area contributed by atoms with Crippen molar-refractivity contribution in [3.63, 3.8) is 0 Å². The molecule has 1 heterocycles. The summed E-state index contributed by atoms with van der Waals surface area (Å²) < 4.78 is 0. The van der Waals surface area contributed by atoms with Gasteiger partial charge in [0.2, 0.25) is 0 Å². The Balaban J connectivity index is 2.37. The van der Waals surface area contributed by atoms with Gasteiger partial charge in [0.05, 0.1) is 0 Å². The van der Waals surface area contributed by atoms with Crippen molar-refractivity contribution in [2.24, 2.45) is 0 Å². The molecule has 0 aliphatic rings. The lowest BCUT2D eigenvalue weighted by atomic mass is 10.2. The van der Waals surface area contributed by atoms with E-state index in [0.717, 1.165) is 11.4 Å². The third-order valence-corrected chi connectivity index (χ3v) is 2.60. The third kappa shape index (κ3) is 2.22. The summed E-state index contributed by atoms with van der Waals surface area (Å²) in [4.78, 5) is 6.55. The molecule has 16 heavy (non-hydrogen) atoms. The largest absolute Gasteiger partial charge is 0.345 e. The van der Waals surface area contributed by atoms with E-state index < -0.39 is 0 Å². The zero-order chi connectivity index (χ0) is 11.5. The van der Waals surface area contributed by atoms with Crippen LogP contribution in [-0.4, -0.2) is 12.0 Å². The highest BCUT2D eigenvalue weighted by Crippen LogP contribution is 2.23. The number of hydrogen-bond donors (Lipinski definition) is 0. The summed E-state index contributed by atoms with van der Waals surface area (Å²) in [5.74, 6) is 0. The van der Waals surface area contributed by atoms with E-state index in [1.54, 1.807) is 0 Å². The van der Waals surface area contributed by atoms with Crippen molar-refractivity contribution in [3.8, 4) is 0 Å². The van der Waals surface area contributed by atoms with E-state index >= 15 is 0 Å². The molecule has 2 heteroatoms. The lowest BCUT2D eigenvalue weighted by Gasteiger charge is -2.20. The van der Waals surface area contributed by atoms with Crippen molar-refractivity contribution in [2.75, 3.05) is 11.9 Å². The zero-order valence-electron chi connectivity index (χ0n) is 9.94. The molecule has 0 bridgehead atoms. The highest BCUT2D eigenvalue weighted by molar-refractivity contribution is 5.62. The first-order valence-electron chi connectivity index (χ1n) is 5.41. The van der Waals surface area contributed by atoms with Crippen LogP contribution >= 0.6 is 0 Å². The van der Waals surface area contributed by atoms with Gasteiger partial charge in [0.1, 0.15) is 0 Å². The second-order valence-electron chi connectivity index (χ2n) is 4.00. The molecule has 1 aromatic carbocycles. The van der Waals surface area contributed by atoms with Gasteiger partial charge in [0.15, 0.2) is 0 Å². The molecule has 0 unspecified atom stereocenters. The quantitative estimate of drug-likeness (QED) is 0.757. The molecular weight excluding hydrogens is 196 g/mol. The second kappa shape index (κ2) is 4.35. The first kappa shape index (κ1) is 10.7. The Morgan fingerprint density at radius 2 is 1.44 bits per heavy atom. The summed E-state index contributed by atoms with van der Waals surface area (Å²) in [5, 5.41) is 0. The minimum absolute atomic E-state index is 1.05. The standard InChI is InChI=1S/C14H16N2/c1-11-9-14(10-12(2)15-11)16(3)13-7-5-4-6-8-13/h4-10H,1-3H3. The van der Waals surface area contributed by atoms with Crippen LogP contribution < -0.4 is 4.90 Å². The van der Waals surface area contributed by atoms with Crippen LogP contribution in [0.4, 0.5) is 11.4 Å². The molecule has 0 fully saturated rings. The molecule has 0 saturated carbocycles. The minimum Gasteiger partial charge on any atom is -0.345 e. The van der Waals surface area contributed by atoms with Gasteiger partial charge in [0, 0.05) is 29.8 Å². The highest BCUT2D eigenvalue weighted by atomic mass is 15.1. The molecule has 0 aliphatic heterocycles. The summed E-state index contributed by atoms with van der Waals surface area (Å²) in [6, 6.07) is 14.5. The molecule has 0 amide bonds. The minimum atomic E-state index is 1.05. The lowest BCUT2D eigenvalue weighted by molar-refractivity contribution is 1.09. The second-order valence-corrected chi connectivity index (χ2v) is 4.00. The Morgan fingerprint density at radius 3 is 2.00 bits per heavy atom. The third-order valence-electron chi connectivity index (χ3n) is 2.60. The molecule has 2 rings (SSSR count). The zero-order valence-corrected chi connectivity index (χ0v) is 9.94. The van der Waals surface area contributed by atoms with Crippen molar-refractivity contribution >= 4 is 11.4 Å². The number of hydrogen-bond acceptors (Lipinski definition) is 2. The fourth-order valence-corrected chi connectivity index (χ4v) is 1.81. The van der Waals surface area contributed by atoms with Crippen LogP contribution in [0.25, 0.3) is 0 Å². The van der Waals surface area contributed by atoms with Crippen LogP contribution in [0, 0.1) is 13.8 Å². The van der Waals surface area contributed by atoms with Crippen molar-refractivity contribution in [1.29, 1.82) is 0 Å². The fourth-order valence-electron chi connectivity index (χ4n) is 1.81. The van der Waals surface area contributed by atoms with Gasteiger partial charge in [-0.3, -0.25) is 4.98 Å². The molecule has 0 aliphatic carbocycles. The maximum atomic E-state index is 4.38. The highest BCUT2D eigenvalue weighted by Gasteiger charge is 2.04. The van der Waals surface area contributed by atoms with Crippen LogP contribution in [0.5, 0.6) is 0 Å². The average Bonchev–Trinajstić information content (AvgIpc) is 2.28. The number of rotatable bonds is 2. The normalized spacial score (nSPS) is 10.2. The molecule has 0 atom stereocenters. The predicted molar refractivity (Wildman–Crippen MR) is 68.2 cm³/mol. The Kier molecular flexibility index (Phi) is 2.91. The summed E-state index contributed by atoms with van der Waals surface area (Å²) >= 11 is 0. The van der Waals surface area contributed by atoms with E-state index in [-0.39, 0.29) is 0 Å². The van der Waals surface area contributed by atoms with E-state index in [1.165, 1.54) is 11.4 Å². The van der Waals surface area contributed by atoms with E-state index in [1.807, 2.05) is 32.0 Å². The van der Waals surface area contributed by atoms with E-state index in [4.69, 9.17) is 0 Å². The molecular formula is C14H16N2. The first-order valence-corrected chi connectivity index (χ1v) is 5.41. The summed E-state index contributed by atoms with van der Waals surface area (Å²) in [6.07, 6.45) is 0. The van der Waals surface area contributed by atoms with Crippen LogP contribution in [0.3, 0.4) is 0 Å². The molecule has 0 spiro atoms. The maximum Gasteiger partial charge on any atom is 0.0444 e. The van der Waals surface area contributed by atoms with E-state index in [9.17, 15) is 0 Å². The number of aryl methyl sites for hydroxylation is 2. The monoisotopic (exact) mass is 212 g/mol. The van der Waals surface area contributed by atoms with Crippen molar-refractivity contribution < 1.29 is 0 Å². The summed E-state index contributed by atoms with van der Waals surface area (Å²) in [5.41, 5.74) is 4.47. The molecule has 82 valence electrons. The van der Waals surface area contributed by atoms with Crippen LogP contribution in [-0.2, 0) is 0 Å². The van der Waals surface area contributed by atoms with Crippen molar-refractivity contribution in [2.45, 2.75) is 13.8 Å². The number of nitrogens with zero attached hydrogens (tertiary/aromatic N) is 2. The van der Waals surface area contributed by atoms with Crippen molar-refractivity contribution in [3.05, 3.63) is 53.9 Å². The smallest absolute Gasteiger partial charge is 0.0444 e. The van der Waals surface area contributed by atoms with Gasteiger partial charge in [-0.05, 0) is 38.1 Å². The van der Waals surface area contributed by atoms with Gasteiger partial charge in [-0.1, -0.05) is 18.2 Å². The van der Waals surface area contributed by atoms with Gasteiger partial charge >= 0.3 is 0 Å².